The Labute approximate surface area is 152 Å². The van der Waals surface area contributed by atoms with Crippen molar-refractivity contribution in [1.29, 1.82) is 0 Å². The maximum atomic E-state index is 12.1. The molecule has 136 valence electrons. The Balaban J connectivity index is 1.45. The third-order valence-corrected chi connectivity index (χ3v) is 4.05. The summed E-state index contributed by atoms with van der Waals surface area (Å²) in [6.07, 6.45) is -0.113. The van der Waals surface area contributed by atoms with Crippen LogP contribution in [-0.4, -0.2) is 31.1 Å². The van der Waals surface area contributed by atoms with Crippen LogP contribution in [0.1, 0.15) is 18.9 Å². The molecule has 1 aliphatic heterocycles. The summed E-state index contributed by atoms with van der Waals surface area (Å²) in [7, 11) is 0. The highest BCUT2D eigenvalue weighted by atomic mass is 16.5. The number of ether oxygens (including phenoxy) is 2. The molecule has 0 aliphatic carbocycles. The topological polar surface area (TPSA) is 76.7 Å². The van der Waals surface area contributed by atoms with Crippen molar-refractivity contribution in [2.45, 2.75) is 25.9 Å². The molecule has 0 fully saturated rings. The summed E-state index contributed by atoms with van der Waals surface area (Å²) in [6.45, 7) is 3.08. The van der Waals surface area contributed by atoms with Gasteiger partial charge in [-0.1, -0.05) is 24.3 Å². The molecule has 6 nitrogen and oxygen atoms in total. The molecule has 6 heteroatoms. The van der Waals surface area contributed by atoms with Crippen LogP contribution in [0.4, 0.5) is 5.69 Å². The van der Waals surface area contributed by atoms with E-state index < -0.39 is 6.10 Å². The molecule has 1 atom stereocenters. The molecule has 1 aliphatic rings. The summed E-state index contributed by atoms with van der Waals surface area (Å²) in [5.74, 6) is 0.904. The van der Waals surface area contributed by atoms with Gasteiger partial charge in [0.05, 0.1) is 18.7 Å². The largest absolute Gasteiger partial charge is 0.494 e. The van der Waals surface area contributed by atoms with E-state index in [1.165, 1.54) is 0 Å². The molecule has 2 aromatic carbocycles. The maximum Gasteiger partial charge on any atom is 0.266 e. The molecule has 26 heavy (non-hydrogen) atoms. The average molecular weight is 354 g/mol. The number of fused-ring (bicyclic) bond motifs is 1. The van der Waals surface area contributed by atoms with Crippen LogP contribution in [0, 0.1) is 0 Å². The fourth-order valence-electron chi connectivity index (χ4n) is 2.73. The van der Waals surface area contributed by atoms with Crippen LogP contribution in [0.25, 0.3) is 0 Å². The molecule has 0 saturated heterocycles. The predicted octanol–water partition coefficient (Wildman–Crippen LogP) is 2.53. The van der Waals surface area contributed by atoms with Crippen molar-refractivity contribution < 1.29 is 19.1 Å². The van der Waals surface area contributed by atoms with Gasteiger partial charge in [-0.15, -0.1) is 0 Å². The number of amides is 2. The van der Waals surface area contributed by atoms with Gasteiger partial charge in [0.1, 0.15) is 11.5 Å². The van der Waals surface area contributed by atoms with E-state index in [-0.39, 0.29) is 18.2 Å². The van der Waals surface area contributed by atoms with Gasteiger partial charge in [0.15, 0.2) is 6.10 Å². The second-order valence-corrected chi connectivity index (χ2v) is 5.97. The number of hydrogen-bond acceptors (Lipinski definition) is 4. The van der Waals surface area contributed by atoms with Gasteiger partial charge in [0, 0.05) is 6.54 Å². The summed E-state index contributed by atoms with van der Waals surface area (Å²) in [5.41, 5.74) is 1.74. The quantitative estimate of drug-likeness (QED) is 0.801. The SMILES string of the molecule is CCOc1ccc(CCNC(=O)CC2Oc3ccccc3NC2=O)cc1. The van der Waals surface area contributed by atoms with E-state index in [0.29, 0.717) is 31.0 Å². The molecule has 0 spiro atoms. The number of carbonyl (C=O) groups is 2. The van der Waals surface area contributed by atoms with Crippen LogP contribution in [-0.2, 0) is 16.0 Å². The number of para-hydroxylation sites is 2. The standard InChI is InChI=1S/C20H22N2O4/c1-2-25-15-9-7-14(8-10-15)11-12-21-19(23)13-18-20(24)22-16-5-3-4-6-17(16)26-18/h3-10,18H,2,11-13H2,1H3,(H,21,23)(H,22,24). The number of hydrogen-bond donors (Lipinski definition) is 2. The molecular formula is C20H22N2O4. The fraction of sp³-hybridized carbons (Fsp3) is 0.300. The maximum absolute atomic E-state index is 12.1. The molecular weight excluding hydrogens is 332 g/mol. The van der Waals surface area contributed by atoms with Gasteiger partial charge in [-0.2, -0.15) is 0 Å². The lowest BCUT2D eigenvalue weighted by molar-refractivity contribution is -0.130. The Bertz CT molecular complexity index is 774. The number of anilines is 1. The van der Waals surface area contributed by atoms with Crippen LogP contribution in [0.15, 0.2) is 48.5 Å². The average Bonchev–Trinajstić information content (AvgIpc) is 2.64. The van der Waals surface area contributed by atoms with E-state index in [1.54, 1.807) is 12.1 Å². The van der Waals surface area contributed by atoms with E-state index in [9.17, 15) is 9.59 Å². The van der Waals surface area contributed by atoms with E-state index >= 15 is 0 Å². The number of carbonyl (C=O) groups excluding carboxylic acids is 2. The van der Waals surface area contributed by atoms with Crippen molar-refractivity contribution in [2.24, 2.45) is 0 Å². The van der Waals surface area contributed by atoms with Gasteiger partial charge < -0.3 is 20.1 Å². The molecule has 0 radical (unpaired) electrons. The Morgan fingerprint density at radius 3 is 2.73 bits per heavy atom. The normalized spacial score (nSPS) is 15.4. The molecule has 1 unspecified atom stereocenters. The number of rotatable bonds is 7. The van der Waals surface area contributed by atoms with Gasteiger partial charge in [0.25, 0.3) is 5.91 Å². The minimum Gasteiger partial charge on any atom is -0.494 e. The molecule has 0 aromatic heterocycles. The molecule has 0 bridgehead atoms. The zero-order chi connectivity index (χ0) is 18.4. The summed E-state index contributed by atoms with van der Waals surface area (Å²) < 4.78 is 11.0. The molecule has 0 saturated carbocycles. The van der Waals surface area contributed by atoms with Crippen molar-refractivity contribution >= 4 is 17.5 Å². The van der Waals surface area contributed by atoms with Crippen molar-refractivity contribution in [2.75, 3.05) is 18.5 Å². The molecule has 2 N–H and O–H groups in total. The number of nitrogens with one attached hydrogen (secondary N) is 2. The first kappa shape index (κ1) is 17.8. The first-order valence-corrected chi connectivity index (χ1v) is 8.70. The third kappa shape index (κ3) is 4.53. The Kier molecular flexibility index (Phi) is 5.73. The van der Waals surface area contributed by atoms with Gasteiger partial charge in [-0.25, -0.2) is 0 Å². The highest BCUT2D eigenvalue weighted by molar-refractivity contribution is 5.99. The first-order valence-electron chi connectivity index (χ1n) is 8.70. The first-order chi connectivity index (χ1) is 12.7. The van der Waals surface area contributed by atoms with Crippen molar-refractivity contribution in [3.63, 3.8) is 0 Å². The van der Waals surface area contributed by atoms with E-state index in [0.717, 1.165) is 11.3 Å². The van der Waals surface area contributed by atoms with Crippen LogP contribution in [0.2, 0.25) is 0 Å². The summed E-state index contributed by atoms with van der Waals surface area (Å²) in [5, 5.41) is 5.59. The van der Waals surface area contributed by atoms with E-state index in [2.05, 4.69) is 10.6 Å². The van der Waals surface area contributed by atoms with Crippen molar-refractivity contribution in [3.05, 3.63) is 54.1 Å². The Morgan fingerprint density at radius 1 is 1.19 bits per heavy atom. The summed E-state index contributed by atoms with van der Waals surface area (Å²) in [6, 6.07) is 15.0. The Morgan fingerprint density at radius 2 is 1.96 bits per heavy atom. The van der Waals surface area contributed by atoms with E-state index in [1.807, 2.05) is 43.3 Å². The smallest absolute Gasteiger partial charge is 0.266 e. The van der Waals surface area contributed by atoms with Crippen molar-refractivity contribution in [1.82, 2.24) is 5.32 Å². The Hall–Kier alpha value is -3.02. The molecule has 3 rings (SSSR count). The predicted molar refractivity (Wildman–Crippen MR) is 98.4 cm³/mol. The van der Waals surface area contributed by atoms with Gasteiger partial charge in [0.2, 0.25) is 5.91 Å². The fourth-order valence-corrected chi connectivity index (χ4v) is 2.73. The highest BCUT2D eigenvalue weighted by Gasteiger charge is 2.29. The monoisotopic (exact) mass is 354 g/mol. The van der Waals surface area contributed by atoms with Crippen molar-refractivity contribution in [3.8, 4) is 11.5 Å². The zero-order valence-corrected chi connectivity index (χ0v) is 14.7. The second kappa shape index (κ2) is 8.38. The minimum atomic E-state index is -0.810. The lowest BCUT2D eigenvalue weighted by Gasteiger charge is -2.25. The van der Waals surface area contributed by atoms with Gasteiger partial charge in [-0.05, 0) is 43.2 Å². The summed E-state index contributed by atoms with van der Waals surface area (Å²) >= 11 is 0. The lowest BCUT2D eigenvalue weighted by atomic mass is 10.1. The van der Waals surface area contributed by atoms with Crippen LogP contribution in [0.5, 0.6) is 11.5 Å². The van der Waals surface area contributed by atoms with Gasteiger partial charge >= 0.3 is 0 Å². The van der Waals surface area contributed by atoms with E-state index in [4.69, 9.17) is 9.47 Å². The summed E-state index contributed by atoms with van der Waals surface area (Å²) in [4.78, 5) is 24.2. The molecule has 1 heterocycles. The zero-order valence-electron chi connectivity index (χ0n) is 14.7. The van der Waals surface area contributed by atoms with Crippen LogP contribution >= 0.6 is 0 Å². The third-order valence-electron chi connectivity index (χ3n) is 4.05. The second-order valence-electron chi connectivity index (χ2n) is 5.97. The number of benzene rings is 2. The highest BCUT2D eigenvalue weighted by Crippen LogP contribution is 2.29. The minimum absolute atomic E-state index is 0.0105. The molecule has 2 amide bonds. The molecule has 2 aromatic rings. The van der Waals surface area contributed by atoms with Crippen LogP contribution < -0.4 is 20.1 Å². The van der Waals surface area contributed by atoms with Gasteiger partial charge in [-0.3, -0.25) is 9.59 Å². The lowest BCUT2D eigenvalue weighted by Crippen LogP contribution is -2.41. The van der Waals surface area contributed by atoms with Crippen LogP contribution in [0.3, 0.4) is 0 Å².